The van der Waals surface area contributed by atoms with E-state index in [4.69, 9.17) is 9.47 Å². The number of carbonyl (C=O) groups excluding carboxylic acids is 1. The van der Waals surface area contributed by atoms with Crippen LogP contribution in [-0.4, -0.2) is 35.3 Å². The Morgan fingerprint density at radius 2 is 1.91 bits per heavy atom. The van der Waals surface area contributed by atoms with Gasteiger partial charge < -0.3 is 19.8 Å². The largest absolute Gasteiger partial charge is 0.497 e. The SMILES string of the molecule is CCC(Sc1nc(C)c(Cc2ccccc2)c(=O)[nH]1)C(=O)Nc1cc(OC)ccc1OC. The van der Waals surface area contributed by atoms with Gasteiger partial charge in [-0.2, -0.15) is 0 Å². The molecule has 0 aliphatic carbocycles. The van der Waals surface area contributed by atoms with E-state index < -0.39 is 5.25 Å². The highest BCUT2D eigenvalue weighted by Crippen LogP contribution is 2.30. The average molecular weight is 454 g/mol. The molecule has 2 N–H and O–H groups in total. The fourth-order valence-corrected chi connectivity index (χ4v) is 4.17. The number of rotatable bonds is 9. The Kier molecular flexibility index (Phi) is 7.94. The molecule has 0 aliphatic rings. The minimum absolute atomic E-state index is 0.187. The number of nitrogens with zero attached hydrogens (tertiary/aromatic N) is 1. The monoisotopic (exact) mass is 453 g/mol. The van der Waals surface area contributed by atoms with Crippen molar-refractivity contribution in [2.75, 3.05) is 19.5 Å². The summed E-state index contributed by atoms with van der Waals surface area (Å²) in [7, 11) is 3.10. The average Bonchev–Trinajstić information content (AvgIpc) is 2.80. The number of aromatic amines is 1. The summed E-state index contributed by atoms with van der Waals surface area (Å²) < 4.78 is 10.6. The smallest absolute Gasteiger partial charge is 0.255 e. The second-order valence-electron chi connectivity index (χ2n) is 7.17. The van der Waals surface area contributed by atoms with Crippen LogP contribution in [0.2, 0.25) is 0 Å². The van der Waals surface area contributed by atoms with Crippen molar-refractivity contribution < 1.29 is 14.3 Å². The van der Waals surface area contributed by atoms with E-state index in [-0.39, 0.29) is 11.5 Å². The number of benzene rings is 2. The van der Waals surface area contributed by atoms with E-state index in [1.54, 1.807) is 25.3 Å². The summed E-state index contributed by atoms with van der Waals surface area (Å²) in [6.07, 6.45) is 1.06. The number of anilines is 1. The van der Waals surface area contributed by atoms with Gasteiger partial charge in [0.05, 0.1) is 25.2 Å². The maximum absolute atomic E-state index is 12.9. The number of aryl methyl sites for hydroxylation is 1. The highest BCUT2D eigenvalue weighted by Gasteiger charge is 2.22. The van der Waals surface area contributed by atoms with Crippen molar-refractivity contribution in [3.63, 3.8) is 0 Å². The van der Waals surface area contributed by atoms with E-state index in [2.05, 4.69) is 15.3 Å². The highest BCUT2D eigenvalue weighted by atomic mass is 32.2. The van der Waals surface area contributed by atoms with Crippen molar-refractivity contribution >= 4 is 23.4 Å². The Morgan fingerprint density at radius 1 is 1.16 bits per heavy atom. The van der Waals surface area contributed by atoms with Crippen LogP contribution in [0, 0.1) is 6.92 Å². The molecule has 3 rings (SSSR count). The van der Waals surface area contributed by atoms with Crippen molar-refractivity contribution in [3.05, 3.63) is 75.7 Å². The van der Waals surface area contributed by atoms with Gasteiger partial charge in [0.1, 0.15) is 11.5 Å². The Balaban J connectivity index is 1.76. The third-order valence-corrected chi connectivity index (χ3v) is 6.25. The molecule has 7 nitrogen and oxygen atoms in total. The molecule has 1 aromatic heterocycles. The molecule has 0 fully saturated rings. The van der Waals surface area contributed by atoms with Gasteiger partial charge in [0.15, 0.2) is 5.16 Å². The molecular formula is C24H27N3O4S. The molecule has 1 amide bonds. The lowest BCUT2D eigenvalue weighted by atomic mass is 10.1. The second kappa shape index (κ2) is 10.9. The maximum Gasteiger partial charge on any atom is 0.255 e. The van der Waals surface area contributed by atoms with Crippen LogP contribution in [0.3, 0.4) is 0 Å². The lowest BCUT2D eigenvalue weighted by Gasteiger charge is -2.17. The van der Waals surface area contributed by atoms with E-state index in [9.17, 15) is 9.59 Å². The number of methoxy groups -OCH3 is 2. The fraction of sp³-hybridized carbons (Fsp3) is 0.292. The molecule has 0 saturated heterocycles. The van der Waals surface area contributed by atoms with Gasteiger partial charge in [0.2, 0.25) is 5.91 Å². The summed E-state index contributed by atoms with van der Waals surface area (Å²) in [5, 5.41) is 2.87. The van der Waals surface area contributed by atoms with E-state index in [0.29, 0.717) is 46.4 Å². The molecule has 1 unspecified atom stereocenters. The van der Waals surface area contributed by atoms with Gasteiger partial charge in [-0.1, -0.05) is 49.0 Å². The zero-order chi connectivity index (χ0) is 23.1. The number of nitrogens with one attached hydrogen (secondary N) is 2. The van der Waals surface area contributed by atoms with Gasteiger partial charge >= 0.3 is 0 Å². The van der Waals surface area contributed by atoms with Crippen molar-refractivity contribution in [1.82, 2.24) is 9.97 Å². The molecule has 3 aromatic rings. The lowest BCUT2D eigenvalue weighted by molar-refractivity contribution is -0.115. The van der Waals surface area contributed by atoms with Crippen LogP contribution in [0.25, 0.3) is 0 Å². The first-order valence-electron chi connectivity index (χ1n) is 10.3. The Hall–Kier alpha value is -3.26. The summed E-state index contributed by atoms with van der Waals surface area (Å²) in [6.45, 7) is 3.73. The summed E-state index contributed by atoms with van der Waals surface area (Å²) in [6, 6.07) is 15.0. The summed E-state index contributed by atoms with van der Waals surface area (Å²) in [4.78, 5) is 33.0. The van der Waals surface area contributed by atoms with Gasteiger partial charge in [-0.25, -0.2) is 4.98 Å². The first-order valence-corrected chi connectivity index (χ1v) is 11.2. The van der Waals surface area contributed by atoms with Crippen LogP contribution in [0.15, 0.2) is 58.5 Å². The van der Waals surface area contributed by atoms with E-state index in [1.807, 2.05) is 44.2 Å². The number of hydrogen-bond acceptors (Lipinski definition) is 6. The van der Waals surface area contributed by atoms with Crippen LogP contribution in [0.1, 0.15) is 30.2 Å². The molecule has 0 aliphatic heterocycles. The number of thioether (sulfide) groups is 1. The number of aromatic nitrogens is 2. The number of ether oxygens (including phenoxy) is 2. The van der Waals surface area contributed by atoms with Gasteiger partial charge in [0, 0.05) is 23.7 Å². The first kappa shape index (κ1) is 23.4. The van der Waals surface area contributed by atoms with Crippen LogP contribution < -0.4 is 20.3 Å². The minimum atomic E-state index is -0.451. The predicted molar refractivity (Wildman–Crippen MR) is 127 cm³/mol. The third-order valence-electron chi connectivity index (χ3n) is 5.01. The fourth-order valence-electron chi connectivity index (χ4n) is 3.23. The van der Waals surface area contributed by atoms with E-state index in [0.717, 1.165) is 5.56 Å². The van der Waals surface area contributed by atoms with Gasteiger partial charge in [-0.15, -0.1) is 0 Å². The van der Waals surface area contributed by atoms with Crippen LogP contribution in [0.4, 0.5) is 5.69 Å². The molecule has 0 spiro atoms. The van der Waals surface area contributed by atoms with Crippen LogP contribution in [0.5, 0.6) is 11.5 Å². The summed E-state index contributed by atoms with van der Waals surface area (Å²) >= 11 is 1.23. The standard InChI is InChI=1S/C24H27N3O4S/c1-5-21(23(29)26-19-14-17(30-3)11-12-20(19)31-4)32-24-25-15(2)18(22(28)27-24)13-16-9-7-6-8-10-16/h6-12,14,21H,5,13H2,1-4H3,(H,26,29)(H,25,27,28). The Labute approximate surface area is 191 Å². The third kappa shape index (κ3) is 5.70. The molecule has 1 atom stereocenters. The van der Waals surface area contributed by atoms with Gasteiger partial charge in [0.25, 0.3) is 5.56 Å². The van der Waals surface area contributed by atoms with E-state index >= 15 is 0 Å². The number of H-pyrrole nitrogens is 1. The Bertz CT molecular complexity index is 1130. The van der Waals surface area contributed by atoms with Crippen LogP contribution >= 0.6 is 11.8 Å². The predicted octanol–water partition coefficient (Wildman–Crippen LogP) is 4.20. The van der Waals surface area contributed by atoms with E-state index in [1.165, 1.54) is 18.9 Å². The number of hydrogen-bond donors (Lipinski definition) is 2. The maximum atomic E-state index is 12.9. The molecule has 168 valence electrons. The number of carbonyl (C=O) groups is 1. The molecule has 0 radical (unpaired) electrons. The first-order chi connectivity index (χ1) is 15.4. The molecule has 0 saturated carbocycles. The van der Waals surface area contributed by atoms with Gasteiger partial charge in [-0.05, 0) is 31.0 Å². The quantitative estimate of drug-likeness (QED) is 0.373. The number of amides is 1. The normalized spacial score (nSPS) is 11.6. The molecule has 8 heteroatoms. The zero-order valence-corrected chi connectivity index (χ0v) is 19.4. The second-order valence-corrected chi connectivity index (χ2v) is 8.36. The minimum Gasteiger partial charge on any atom is -0.497 e. The zero-order valence-electron chi connectivity index (χ0n) is 18.6. The molecule has 0 bridgehead atoms. The molecule has 1 heterocycles. The van der Waals surface area contributed by atoms with Crippen molar-refractivity contribution in [2.24, 2.45) is 0 Å². The Morgan fingerprint density at radius 3 is 2.53 bits per heavy atom. The van der Waals surface area contributed by atoms with Crippen molar-refractivity contribution in [3.8, 4) is 11.5 Å². The summed E-state index contributed by atoms with van der Waals surface area (Å²) in [5.41, 5.74) is 2.66. The topological polar surface area (TPSA) is 93.3 Å². The molecule has 32 heavy (non-hydrogen) atoms. The lowest BCUT2D eigenvalue weighted by Crippen LogP contribution is -2.26. The van der Waals surface area contributed by atoms with Gasteiger partial charge in [-0.3, -0.25) is 9.59 Å². The molecular weight excluding hydrogens is 426 g/mol. The summed E-state index contributed by atoms with van der Waals surface area (Å²) in [5.74, 6) is 0.932. The van der Waals surface area contributed by atoms with Crippen molar-refractivity contribution in [1.29, 1.82) is 0 Å². The molecule has 2 aromatic carbocycles. The van der Waals surface area contributed by atoms with Crippen LogP contribution in [-0.2, 0) is 11.2 Å². The highest BCUT2D eigenvalue weighted by molar-refractivity contribution is 8.00. The van der Waals surface area contributed by atoms with Crippen molar-refractivity contribution in [2.45, 2.75) is 37.1 Å².